The average molecular weight is 2120 g/mol. The number of methoxy groups -OCH3 is 1. The predicted molar refractivity (Wildman–Crippen MR) is 464 cm³/mol. The Balaban J connectivity index is 0.000000167. The van der Waals surface area contributed by atoms with Crippen molar-refractivity contribution in [1.82, 2.24) is 34.6 Å². The number of carbonyl (C=O) groups excluding carboxylic acids is 7. The number of rotatable bonds is 20. The van der Waals surface area contributed by atoms with E-state index in [0.29, 0.717) is 34.9 Å². The summed E-state index contributed by atoms with van der Waals surface area (Å²) in [5, 5.41) is 30.3. The normalized spacial score (nSPS) is 31.0. The molecule has 61 heteroatoms. The minimum atomic E-state index is -5.51. The summed E-state index contributed by atoms with van der Waals surface area (Å²) in [5.74, 6) is -4.50. The van der Waals surface area contributed by atoms with Gasteiger partial charge in [0, 0.05) is 112 Å². The second-order valence-electron chi connectivity index (χ2n) is 31.8. The van der Waals surface area contributed by atoms with Crippen molar-refractivity contribution in [2.45, 2.75) is 136 Å². The molecular formula is C79H87F2N7O44P8. The summed E-state index contributed by atoms with van der Waals surface area (Å²) in [5.41, 5.74) is -1.69. The molecule has 9 atom stereocenters. The predicted octanol–water partition coefficient (Wildman–Crippen LogP) is 12.0. The summed E-state index contributed by atoms with van der Waals surface area (Å²) in [6, 6.07) is 26.5. The number of amides is 5. The highest BCUT2D eigenvalue weighted by molar-refractivity contribution is 7.75. The standard InChI is InChI=1S/C22H26N2O11P2.C20H20F2N2O11P2.C19H23NO11P2.C18H18N2O11P2/c1-15(25)32-14-18-5-3-11-24(18)21(26)33-19-8-6-17(7-9-19)20-34-36(28,29)22(27,37(30,31)35-20)12-16-4-2-10-23-13-16;1-19(2)10-24(18(26)33-19)17(25)32-12-6-13(21)15(14(22)7-12)16-34-36(28,29)20(27,37(30,31)35-16)8-11-4-3-5-23-9-11;1-12(2)28-18(21)29-15-7-6-14(9-16(15)27-3)17-30-32(23,24)19(22,33(25,26)31-17)10-13-5-4-8-20-11-13;21-16-20(8-9-28-16)17(22)29-14-6-2-1-5-13(14)15-30-32(24,25)18(23,33(26,27)31-15)10-12-4-3-7-19-11-12/h2,4,6-10,13,18,20,27H,3,5,11-12,14H2,1H3,(H,28,29)(H,30,31);3-7,9,16,27H,8,10H2,1-2H3,(H,28,29)(H,30,31);4-9,11-12,17,22H,10H2,1-3H3,(H,23,24)(H,25,26);1-7,11,15,23H,8-10H2,(H,24,25)(H,26,27). The van der Waals surface area contributed by atoms with Crippen molar-refractivity contribution in [3.63, 3.8) is 0 Å². The molecule has 0 bridgehead atoms. The molecule has 8 aromatic rings. The van der Waals surface area contributed by atoms with E-state index in [1.54, 1.807) is 13.8 Å². The molecule has 5 amide bonds. The Bertz CT molecular complexity index is 6270. The smallest absolute Gasteiger partial charge is 0.493 e. The lowest BCUT2D eigenvalue weighted by atomic mass is 10.1. The van der Waals surface area contributed by atoms with Gasteiger partial charge in [0.15, 0.2) is 11.5 Å². The molecule has 9 unspecified atom stereocenters. The highest BCUT2D eigenvalue weighted by Gasteiger charge is 2.71. The van der Waals surface area contributed by atoms with Crippen LogP contribution in [0.25, 0.3) is 0 Å². The van der Waals surface area contributed by atoms with Gasteiger partial charge in [0.25, 0.3) is 20.3 Å². The molecule has 12 N–H and O–H groups in total. The van der Waals surface area contributed by atoms with Crippen LogP contribution in [-0.4, -0.2) is 215 Å². The Hall–Kier alpha value is -10.3. The number of benzene rings is 4. The number of aliphatic hydroxyl groups is 4. The molecule has 756 valence electrons. The van der Waals surface area contributed by atoms with Gasteiger partial charge in [-0.1, -0.05) is 54.6 Å². The van der Waals surface area contributed by atoms with Crippen LogP contribution >= 0.6 is 60.8 Å². The van der Waals surface area contributed by atoms with Crippen LogP contribution in [0.3, 0.4) is 0 Å². The van der Waals surface area contributed by atoms with Gasteiger partial charge in [0.1, 0.15) is 47.7 Å². The van der Waals surface area contributed by atoms with E-state index in [9.17, 15) is 138 Å². The Morgan fingerprint density at radius 1 is 0.471 bits per heavy atom. The van der Waals surface area contributed by atoms with Crippen molar-refractivity contribution in [3.8, 4) is 28.7 Å². The van der Waals surface area contributed by atoms with Crippen molar-refractivity contribution >= 4 is 103 Å². The monoisotopic (exact) mass is 2120 g/mol. The SMILES string of the molecule is CC(=O)OCC1CCCN1C(=O)Oc1ccc(C2OP(=O)(O)C(O)(Cc3cccnc3)P(=O)(O)O2)cc1.CC1(C)CN(C(=O)Oc2cc(F)c(C3OP(=O)(O)C(O)(Cc4cccnc4)P(=O)(O)O3)c(F)c2)C(=O)O1.COc1cc(C2OP(=O)(O)C(O)(Cc3cccnc3)P(=O)(O)O2)ccc1OC(=O)OC(C)C.O=C1OCCN1C(=O)Oc1ccccc1C1OP(=O)(O)C(O)(Cc2cccnc2)P(=O)(O)O1. The summed E-state index contributed by atoms with van der Waals surface area (Å²) in [6.07, 6.45) is -5.65. The molecule has 7 fully saturated rings. The lowest BCUT2D eigenvalue weighted by Crippen LogP contribution is -2.40. The number of imide groups is 2. The first-order chi connectivity index (χ1) is 65.4. The highest BCUT2D eigenvalue weighted by atomic mass is 31.3. The molecule has 7 aliphatic rings. The summed E-state index contributed by atoms with van der Waals surface area (Å²) in [6.45, 7) is 7.84. The van der Waals surface area contributed by atoms with Crippen LogP contribution in [0.4, 0.5) is 37.5 Å². The Kier molecular flexibility index (Phi) is 33.1. The Morgan fingerprint density at radius 2 is 0.886 bits per heavy atom. The maximum Gasteiger partial charge on any atom is 0.514 e. The fraction of sp³-hybridized carbons (Fsp3) is 0.354. The Labute approximate surface area is 789 Å². The molecule has 0 radical (unpaired) electrons. The average Bonchev–Trinajstić information content (AvgIpc) is 0.769. The van der Waals surface area contributed by atoms with Crippen molar-refractivity contribution < 1.29 is 217 Å². The number of esters is 1. The van der Waals surface area contributed by atoms with E-state index in [0.717, 1.165) is 12.6 Å². The first-order valence-electron chi connectivity index (χ1n) is 40.7. The second kappa shape index (κ2) is 42.7. The maximum atomic E-state index is 14.9. The van der Waals surface area contributed by atoms with Gasteiger partial charge in [-0.25, -0.2) is 47.3 Å². The number of pyridine rings is 4. The van der Waals surface area contributed by atoms with Crippen LogP contribution in [0.15, 0.2) is 177 Å². The van der Waals surface area contributed by atoms with E-state index in [4.69, 9.17) is 74.1 Å². The molecule has 0 spiro atoms. The summed E-state index contributed by atoms with van der Waals surface area (Å²) >= 11 is 0. The van der Waals surface area contributed by atoms with E-state index in [1.807, 2.05) is 0 Å². The lowest BCUT2D eigenvalue weighted by molar-refractivity contribution is -0.142. The van der Waals surface area contributed by atoms with Gasteiger partial charge in [0.2, 0.25) is 25.2 Å². The zero-order valence-electron chi connectivity index (χ0n) is 73.4. The van der Waals surface area contributed by atoms with E-state index < -0.39 is 209 Å². The van der Waals surface area contributed by atoms with Crippen LogP contribution < -0.4 is 23.7 Å². The zero-order valence-corrected chi connectivity index (χ0v) is 80.5. The summed E-state index contributed by atoms with van der Waals surface area (Å²) in [7, 11) is -40.8. The molecule has 15 rings (SSSR count). The quantitative estimate of drug-likeness (QED) is 0.0146. The van der Waals surface area contributed by atoms with Gasteiger partial charge in [-0.15, -0.1) is 0 Å². The van der Waals surface area contributed by atoms with Crippen molar-refractivity contribution in [3.05, 3.63) is 233 Å². The first-order valence-corrected chi connectivity index (χ1v) is 53.3. The molecule has 0 saturated carbocycles. The van der Waals surface area contributed by atoms with E-state index >= 15 is 0 Å². The number of aromatic nitrogens is 4. The third-order valence-corrected chi connectivity index (χ3v) is 39.2. The number of likely N-dealkylation sites (tertiary alicyclic amines) is 1. The largest absolute Gasteiger partial charge is 0.514 e. The van der Waals surface area contributed by atoms with Crippen LogP contribution in [0, 0.1) is 11.6 Å². The van der Waals surface area contributed by atoms with Gasteiger partial charge < -0.3 is 107 Å². The minimum absolute atomic E-state index is 0.0107. The molecule has 7 aliphatic heterocycles. The number of halogens is 2. The third kappa shape index (κ3) is 23.9. The first kappa shape index (κ1) is 108. The molecule has 140 heavy (non-hydrogen) atoms. The van der Waals surface area contributed by atoms with Crippen LogP contribution in [0.2, 0.25) is 0 Å². The zero-order chi connectivity index (χ0) is 103. The van der Waals surface area contributed by atoms with Crippen LogP contribution in [-0.2, 0) is 122 Å². The molecule has 4 aromatic heterocycles. The minimum Gasteiger partial charge on any atom is -0.493 e. The number of carbonyl (C=O) groups is 7. The summed E-state index contributed by atoms with van der Waals surface area (Å²) < 4.78 is 218. The number of cyclic esters (lactones) is 2. The molecule has 7 saturated heterocycles. The van der Waals surface area contributed by atoms with Crippen LogP contribution in [0.1, 0.15) is 117 Å². The van der Waals surface area contributed by atoms with Crippen molar-refractivity contribution in [2.24, 2.45) is 0 Å². The summed E-state index contributed by atoms with van der Waals surface area (Å²) in [4.78, 5) is 185. The number of ether oxygens (including phenoxy) is 9. The Morgan fingerprint density at radius 3 is 1.29 bits per heavy atom. The highest BCUT2D eigenvalue weighted by Crippen LogP contribution is 2.83. The number of para-hydroxylation sites is 1. The fourth-order valence-electron chi connectivity index (χ4n) is 13.7. The molecular weight excluding hydrogens is 2040 g/mol. The number of hydrogen-bond acceptors (Lipinski definition) is 40. The topological polar surface area (TPSA) is 717 Å². The van der Waals surface area contributed by atoms with E-state index in [2.05, 4.69) is 24.7 Å². The second-order valence-corrected chi connectivity index (χ2v) is 49.1. The van der Waals surface area contributed by atoms with E-state index in [1.165, 1.54) is 191 Å². The van der Waals surface area contributed by atoms with Crippen molar-refractivity contribution in [2.75, 3.05) is 40.0 Å². The number of hydrogen-bond donors (Lipinski definition) is 12. The molecule has 11 heterocycles. The molecule has 51 nitrogen and oxygen atoms in total. The van der Waals surface area contributed by atoms with Gasteiger partial charge in [-0.2, -0.15) is 0 Å². The fourth-order valence-corrected chi connectivity index (χ4v) is 28.0. The lowest BCUT2D eigenvalue weighted by Gasteiger charge is -2.41. The van der Waals surface area contributed by atoms with Crippen molar-refractivity contribution in [1.29, 1.82) is 0 Å². The van der Waals surface area contributed by atoms with Gasteiger partial charge in [-0.3, -0.25) is 97.4 Å². The number of nitrogens with zero attached hydrogens (tertiary/aromatic N) is 7. The van der Waals surface area contributed by atoms with Gasteiger partial charge >= 0.3 is 103 Å². The third-order valence-electron chi connectivity index (χ3n) is 20.8. The van der Waals surface area contributed by atoms with Crippen LogP contribution in [0.5, 0.6) is 28.7 Å². The maximum absolute atomic E-state index is 14.9. The molecule has 4 aromatic carbocycles. The van der Waals surface area contributed by atoms with E-state index in [-0.39, 0.29) is 94.3 Å². The van der Waals surface area contributed by atoms with Gasteiger partial charge in [-0.05, 0) is 123 Å². The van der Waals surface area contributed by atoms with Gasteiger partial charge in [0.05, 0.1) is 43.5 Å². The molecule has 0 aliphatic carbocycles.